The molecule has 32 heavy (non-hydrogen) atoms. The highest BCUT2D eigenvalue weighted by Crippen LogP contribution is 2.38. The summed E-state index contributed by atoms with van der Waals surface area (Å²) in [7, 11) is 6.36. The number of aliphatic carboxylic acids is 1. The van der Waals surface area contributed by atoms with Crippen molar-refractivity contribution in [1.29, 1.82) is 0 Å². The van der Waals surface area contributed by atoms with Crippen LogP contribution in [0.1, 0.15) is 17.5 Å². The molecule has 10 heteroatoms. The van der Waals surface area contributed by atoms with Gasteiger partial charge in [0.15, 0.2) is 11.5 Å². The second-order valence-electron chi connectivity index (χ2n) is 6.40. The summed E-state index contributed by atoms with van der Waals surface area (Å²) in [6.07, 6.45) is 3.50. The number of methoxy groups -OCH3 is 4. The summed E-state index contributed by atoms with van der Waals surface area (Å²) in [5.74, 6) is 0.538. The van der Waals surface area contributed by atoms with Gasteiger partial charge in [-0.2, -0.15) is 0 Å². The number of anilines is 1. The van der Waals surface area contributed by atoms with Crippen molar-refractivity contribution in [3.8, 4) is 23.0 Å². The lowest BCUT2D eigenvalue weighted by molar-refractivity contribution is -0.139. The van der Waals surface area contributed by atoms with E-state index in [0.29, 0.717) is 28.7 Å². The number of carbonyl (C=O) groups is 2. The summed E-state index contributed by atoms with van der Waals surface area (Å²) < 4.78 is 21.2. The van der Waals surface area contributed by atoms with E-state index in [0.717, 1.165) is 11.1 Å². The molecule has 0 aliphatic carbocycles. The van der Waals surface area contributed by atoms with Gasteiger partial charge >= 0.3 is 5.97 Å². The van der Waals surface area contributed by atoms with Crippen molar-refractivity contribution in [1.82, 2.24) is 0 Å². The number of amides is 1. The van der Waals surface area contributed by atoms with Gasteiger partial charge in [-0.3, -0.25) is 9.59 Å². The monoisotopic (exact) mass is 447 g/mol. The highest BCUT2D eigenvalue weighted by atomic mass is 16.5. The number of benzene rings is 2. The molecule has 2 aromatic rings. The van der Waals surface area contributed by atoms with E-state index in [4.69, 9.17) is 35.5 Å². The molecule has 0 saturated heterocycles. The summed E-state index contributed by atoms with van der Waals surface area (Å²) in [5.41, 5.74) is 18.0. The van der Waals surface area contributed by atoms with Gasteiger partial charge in [-0.25, -0.2) is 0 Å². The molecule has 0 fully saturated rings. The zero-order valence-electron chi connectivity index (χ0n) is 18.5. The molecule has 0 spiro atoms. The summed E-state index contributed by atoms with van der Waals surface area (Å²) in [6, 6.07) is 8.32. The van der Waals surface area contributed by atoms with E-state index in [9.17, 15) is 9.59 Å². The molecule has 10 nitrogen and oxygen atoms in total. The molecule has 1 amide bonds. The molecule has 0 heterocycles. The Balaban J connectivity index is 0.000000482. The minimum Gasteiger partial charge on any atom is -0.495 e. The van der Waals surface area contributed by atoms with Crippen molar-refractivity contribution in [2.45, 2.75) is 12.5 Å². The predicted octanol–water partition coefficient (Wildman–Crippen LogP) is 1.75. The molecule has 0 saturated carbocycles. The Hall–Kier alpha value is -3.92. The maximum Gasteiger partial charge on any atom is 0.305 e. The van der Waals surface area contributed by atoms with Gasteiger partial charge in [-0.05, 0) is 35.4 Å². The third-order valence-electron chi connectivity index (χ3n) is 4.17. The molecule has 7 N–H and O–H groups in total. The van der Waals surface area contributed by atoms with Crippen LogP contribution in [0, 0.1) is 0 Å². The second kappa shape index (κ2) is 12.7. The van der Waals surface area contributed by atoms with Gasteiger partial charge in [0, 0.05) is 0 Å². The van der Waals surface area contributed by atoms with Crippen molar-refractivity contribution in [2.24, 2.45) is 11.5 Å². The van der Waals surface area contributed by atoms with Crippen LogP contribution in [0.25, 0.3) is 12.2 Å². The number of primary amides is 1. The van der Waals surface area contributed by atoms with Gasteiger partial charge in [0.05, 0.1) is 46.6 Å². The molecule has 0 aromatic heterocycles. The highest BCUT2D eigenvalue weighted by Gasteiger charge is 2.13. The van der Waals surface area contributed by atoms with Crippen molar-refractivity contribution < 1.29 is 33.6 Å². The molecule has 0 radical (unpaired) electrons. The van der Waals surface area contributed by atoms with E-state index < -0.39 is 24.3 Å². The van der Waals surface area contributed by atoms with E-state index in [1.54, 1.807) is 28.4 Å². The lowest BCUT2D eigenvalue weighted by Gasteiger charge is -2.12. The standard InChI is InChI=1S/C18H21NO4.C4H8N2O3/c1-20-15-8-7-12(9-14(15)19)5-6-13-10-16(21-2)18(23-4)17(11-13)22-3;5-2(4(6)9)1-3(7)8/h5-11H,19H2,1-4H3;2H,1,5H2,(H2,6,9)(H,7,8)/b6-5-;/t;2-/m.1/s1. The summed E-state index contributed by atoms with van der Waals surface area (Å²) in [5, 5.41) is 8.04. The number of ether oxygens (including phenoxy) is 4. The molecular weight excluding hydrogens is 418 g/mol. The molecule has 1 atom stereocenters. The number of nitrogen functional groups attached to an aromatic ring is 1. The van der Waals surface area contributed by atoms with E-state index >= 15 is 0 Å². The maximum absolute atomic E-state index is 10.1. The van der Waals surface area contributed by atoms with Gasteiger partial charge in [-0.1, -0.05) is 18.2 Å². The van der Waals surface area contributed by atoms with Crippen LogP contribution >= 0.6 is 0 Å². The van der Waals surface area contributed by atoms with Crippen LogP contribution < -0.4 is 36.1 Å². The fourth-order valence-electron chi connectivity index (χ4n) is 2.54. The molecule has 0 bridgehead atoms. The third kappa shape index (κ3) is 7.73. The molecule has 2 rings (SSSR count). The zero-order chi connectivity index (χ0) is 24.3. The predicted molar refractivity (Wildman–Crippen MR) is 122 cm³/mol. The van der Waals surface area contributed by atoms with Crippen LogP contribution in [-0.4, -0.2) is 51.5 Å². The maximum atomic E-state index is 10.1. The van der Waals surface area contributed by atoms with E-state index in [-0.39, 0.29) is 0 Å². The first-order chi connectivity index (χ1) is 15.2. The fourth-order valence-corrected chi connectivity index (χ4v) is 2.54. The van der Waals surface area contributed by atoms with E-state index in [2.05, 4.69) is 5.73 Å². The van der Waals surface area contributed by atoms with E-state index in [1.807, 2.05) is 42.5 Å². The van der Waals surface area contributed by atoms with Crippen LogP contribution in [0.3, 0.4) is 0 Å². The van der Waals surface area contributed by atoms with Crippen molar-refractivity contribution in [3.05, 3.63) is 41.5 Å². The average molecular weight is 447 g/mol. The van der Waals surface area contributed by atoms with Crippen LogP contribution in [0.2, 0.25) is 0 Å². The number of rotatable bonds is 9. The topological polar surface area (TPSA) is 169 Å². The first-order valence-electron chi connectivity index (χ1n) is 9.35. The molecule has 174 valence electrons. The quantitative estimate of drug-likeness (QED) is 0.330. The third-order valence-corrected chi connectivity index (χ3v) is 4.17. The number of hydrogen-bond donors (Lipinski definition) is 4. The fraction of sp³-hybridized carbons (Fsp3) is 0.273. The molecule has 0 unspecified atom stereocenters. The van der Waals surface area contributed by atoms with Crippen LogP contribution in [0.5, 0.6) is 23.0 Å². The SMILES string of the molecule is COc1ccc(/C=C\c2cc(OC)c(OC)c(OC)c2)cc1N.NC(=O)[C@H](N)CC(=O)O. The van der Waals surface area contributed by atoms with Gasteiger partial charge in [0.1, 0.15) is 5.75 Å². The Morgan fingerprint density at radius 3 is 1.81 bits per heavy atom. The minimum atomic E-state index is -1.12. The summed E-state index contributed by atoms with van der Waals surface area (Å²) in [4.78, 5) is 19.9. The van der Waals surface area contributed by atoms with Crippen LogP contribution in [0.15, 0.2) is 30.3 Å². The van der Waals surface area contributed by atoms with Crippen LogP contribution in [-0.2, 0) is 9.59 Å². The number of hydrogen-bond acceptors (Lipinski definition) is 8. The van der Waals surface area contributed by atoms with Gasteiger partial charge in [-0.15, -0.1) is 0 Å². The summed E-state index contributed by atoms with van der Waals surface area (Å²) in [6.45, 7) is 0. The smallest absolute Gasteiger partial charge is 0.305 e. The zero-order valence-corrected chi connectivity index (χ0v) is 18.5. The first kappa shape index (κ1) is 26.1. The second-order valence-corrected chi connectivity index (χ2v) is 6.40. The Bertz CT molecular complexity index is 936. The number of carbonyl (C=O) groups excluding carboxylic acids is 1. The Labute approximate surface area is 186 Å². The first-order valence-corrected chi connectivity index (χ1v) is 9.35. The Kier molecular flexibility index (Phi) is 10.4. The van der Waals surface area contributed by atoms with Crippen molar-refractivity contribution >= 4 is 29.7 Å². The van der Waals surface area contributed by atoms with Crippen LogP contribution in [0.4, 0.5) is 5.69 Å². The van der Waals surface area contributed by atoms with Crippen molar-refractivity contribution in [3.63, 3.8) is 0 Å². The summed E-state index contributed by atoms with van der Waals surface area (Å²) >= 11 is 0. The molecule has 0 aliphatic rings. The normalized spacial score (nSPS) is 11.2. The van der Waals surface area contributed by atoms with Crippen molar-refractivity contribution in [2.75, 3.05) is 34.2 Å². The molecule has 2 aromatic carbocycles. The molecular formula is C22H29N3O7. The lowest BCUT2D eigenvalue weighted by Crippen LogP contribution is -2.38. The van der Waals surface area contributed by atoms with Gasteiger partial charge in [0.25, 0.3) is 0 Å². The number of nitrogens with two attached hydrogens (primary N) is 3. The number of carboxylic acid groups (broad SMARTS) is 1. The van der Waals surface area contributed by atoms with E-state index in [1.165, 1.54) is 0 Å². The minimum absolute atomic E-state index is 0.407. The van der Waals surface area contributed by atoms with Gasteiger partial charge < -0.3 is 41.3 Å². The number of carboxylic acids is 1. The largest absolute Gasteiger partial charge is 0.495 e. The molecule has 0 aliphatic heterocycles. The van der Waals surface area contributed by atoms with Gasteiger partial charge in [0.2, 0.25) is 11.7 Å². The Morgan fingerprint density at radius 2 is 1.44 bits per heavy atom. The average Bonchev–Trinajstić information content (AvgIpc) is 2.76. The lowest BCUT2D eigenvalue weighted by atomic mass is 10.1. The highest BCUT2D eigenvalue weighted by molar-refractivity contribution is 5.84. The Morgan fingerprint density at radius 1 is 0.906 bits per heavy atom.